The molecular weight excluding hydrogens is 486 g/mol. The number of thioether (sulfide) groups is 1. The number of aromatic nitrogens is 2. The SMILES string of the molecule is CSc1nc2c(c(N3CCCOCC3)n1)COC1(CCCc3c(Cl)cc(Br)cc31)C2. The minimum atomic E-state index is -0.364. The van der Waals surface area contributed by atoms with Crippen LogP contribution >= 0.6 is 39.3 Å². The van der Waals surface area contributed by atoms with E-state index in [9.17, 15) is 0 Å². The third-order valence-corrected chi connectivity index (χ3v) is 7.70. The molecule has 2 aliphatic heterocycles. The highest BCUT2D eigenvalue weighted by Gasteiger charge is 2.43. The molecule has 0 radical (unpaired) electrons. The highest BCUT2D eigenvalue weighted by Crippen LogP contribution is 2.48. The monoisotopic (exact) mass is 509 g/mol. The Morgan fingerprint density at radius 3 is 2.93 bits per heavy atom. The Morgan fingerprint density at radius 2 is 2.07 bits per heavy atom. The third kappa shape index (κ3) is 3.77. The van der Waals surface area contributed by atoms with E-state index in [1.165, 1.54) is 11.1 Å². The first-order valence-electron chi connectivity index (χ1n) is 10.5. The molecule has 3 heterocycles. The van der Waals surface area contributed by atoms with Gasteiger partial charge in [0.25, 0.3) is 0 Å². The van der Waals surface area contributed by atoms with E-state index in [0.29, 0.717) is 6.61 Å². The van der Waals surface area contributed by atoms with Crippen molar-refractivity contribution < 1.29 is 9.47 Å². The molecule has 1 atom stereocenters. The molecular formula is C22H25BrClN3O2S. The van der Waals surface area contributed by atoms with Crippen LogP contribution in [0.1, 0.15) is 41.6 Å². The van der Waals surface area contributed by atoms with E-state index < -0.39 is 0 Å². The lowest BCUT2D eigenvalue weighted by Gasteiger charge is -2.43. The van der Waals surface area contributed by atoms with Crippen LogP contribution in [0.25, 0.3) is 0 Å². The van der Waals surface area contributed by atoms with E-state index in [2.05, 4.69) is 26.9 Å². The second-order valence-electron chi connectivity index (χ2n) is 8.14. The van der Waals surface area contributed by atoms with Gasteiger partial charge in [0.05, 0.1) is 24.5 Å². The average Bonchev–Trinajstić information content (AvgIpc) is 3.03. The first-order valence-corrected chi connectivity index (χ1v) is 12.9. The maximum Gasteiger partial charge on any atom is 0.189 e. The van der Waals surface area contributed by atoms with Gasteiger partial charge in [-0.1, -0.05) is 39.3 Å². The van der Waals surface area contributed by atoms with Gasteiger partial charge in [-0.2, -0.15) is 0 Å². The summed E-state index contributed by atoms with van der Waals surface area (Å²) in [5.41, 5.74) is 4.32. The van der Waals surface area contributed by atoms with Crippen LogP contribution in [0.3, 0.4) is 0 Å². The second-order valence-corrected chi connectivity index (χ2v) is 10.2. The molecule has 1 aliphatic carbocycles. The van der Waals surface area contributed by atoms with Gasteiger partial charge in [-0.15, -0.1) is 0 Å². The zero-order valence-corrected chi connectivity index (χ0v) is 20.2. The Balaban J connectivity index is 1.58. The minimum absolute atomic E-state index is 0.364. The average molecular weight is 511 g/mol. The number of anilines is 1. The van der Waals surface area contributed by atoms with Crippen LogP contribution in [0, 0.1) is 0 Å². The van der Waals surface area contributed by atoms with Crippen molar-refractivity contribution in [2.24, 2.45) is 0 Å². The van der Waals surface area contributed by atoms with Crippen molar-refractivity contribution in [2.75, 3.05) is 37.5 Å². The van der Waals surface area contributed by atoms with E-state index >= 15 is 0 Å². The zero-order valence-electron chi connectivity index (χ0n) is 17.0. The largest absolute Gasteiger partial charge is 0.380 e. The number of fused-ring (bicyclic) bond motifs is 3. The number of hydrogen-bond donors (Lipinski definition) is 0. The molecule has 1 unspecified atom stereocenters. The van der Waals surface area contributed by atoms with Gasteiger partial charge in [0, 0.05) is 41.2 Å². The molecule has 0 saturated carbocycles. The first kappa shape index (κ1) is 21.0. The summed E-state index contributed by atoms with van der Waals surface area (Å²) in [6.07, 6.45) is 6.86. The predicted molar refractivity (Wildman–Crippen MR) is 124 cm³/mol. The molecule has 1 aromatic carbocycles. The summed E-state index contributed by atoms with van der Waals surface area (Å²) in [6, 6.07) is 4.18. The van der Waals surface area contributed by atoms with Gasteiger partial charge < -0.3 is 14.4 Å². The highest BCUT2D eigenvalue weighted by atomic mass is 79.9. The molecule has 30 heavy (non-hydrogen) atoms. The fraction of sp³-hybridized carbons (Fsp3) is 0.545. The van der Waals surface area contributed by atoms with Crippen LogP contribution in [0.2, 0.25) is 5.02 Å². The van der Waals surface area contributed by atoms with Crippen molar-refractivity contribution in [1.82, 2.24) is 9.97 Å². The van der Waals surface area contributed by atoms with Crippen molar-refractivity contribution in [3.8, 4) is 0 Å². The van der Waals surface area contributed by atoms with Gasteiger partial charge >= 0.3 is 0 Å². The molecule has 1 saturated heterocycles. The lowest BCUT2D eigenvalue weighted by Crippen LogP contribution is -2.41. The Hall–Kier alpha value is -0.860. The second kappa shape index (κ2) is 8.58. The van der Waals surface area contributed by atoms with Gasteiger partial charge in [-0.05, 0) is 55.2 Å². The minimum Gasteiger partial charge on any atom is -0.380 e. The smallest absolute Gasteiger partial charge is 0.189 e. The third-order valence-electron chi connectivity index (χ3n) is 6.36. The summed E-state index contributed by atoms with van der Waals surface area (Å²) in [6.45, 7) is 3.88. The molecule has 160 valence electrons. The van der Waals surface area contributed by atoms with Crippen LogP contribution in [0.5, 0.6) is 0 Å². The molecule has 5 nitrogen and oxygen atoms in total. The van der Waals surface area contributed by atoms with Crippen molar-refractivity contribution >= 4 is 45.1 Å². The molecule has 5 rings (SSSR count). The fourth-order valence-corrected chi connectivity index (χ4v) is 6.20. The number of rotatable bonds is 2. The Labute approximate surface area is 195 Å². The van der Waals surface area contributed by atoms with Crippen LogP contribution < -0.4 is 4.90 Å². The number of hydrogen-bond acceptors (Lipinski definition) is 6. The molecule has 8 heteroatoms. The lowest BCUT2D eigenvalue weighted by atomic mass is 9.75. The van der Waals surface area contributed by atoms with Crippen LogP contribution in [-0.4, -0.2) is 42.5 Å². The summed E-state index contributed by atoms with van der Waals surface area (Å²) in [5.74, 6) is 1.02. The van der Waals surface area contributed by atoms with Crippen LogP contribution in [-0.2, 0) is 34.5 Å². The van der Waals surface area contributed by atoms with Crippen molar-refractivity contribution in [1.29, 1.82) is 0 Å². The van der Waals surface area contributed by atoms with Gasteiger partial charge in [0.2, 0.25) is 0 Å². The normalized spacial score (nSPS) is 23.8. The zero-order chi connectivity index (χ0) is 20.7. The molecule has 2 aromatic rings. The number of nitrogens with zero attached hydrogens (tertiary/aromatic N) is 3. The van der Waals surface area contributed by atoms with E-state index in [4.69, 9.17) is 31.0 Å². The van der Waals surface area contributed by atoms with E-state index in [-0.39, 0.29) is 5.60 Å². The summed E-state index contributed by atoms with van der Waals surface area (Å²) in [5, 5.41) is 1.65. The van der Waals surface area contributed by atoms with Crippen molar-refractivity contribution in [2.45, 2.75) is 49.5 Å². The predicted octanol–water partition coefficient (Wildman–Crippen LogP) is 5.15. The van der Waals surface area contributed by atoms with E-state index in [1.54, 1.807) is 11.8 Å². The highest BCUT2D eigenvalue weighted by molar-refractivity contribution is 9.10. The molecule has 0 amide bonds. The van der Waals surface area contributed by atoms with Crippen molar-refractivity contribution in [3.05, 3.63) is 44.0 Å². The molecule has 1 fully saturated rings. The number of halogens is 2. The summed E-state index contributed by atoms with van der Waals surface area (Å²) in [4.78, 5) is 12.2. The molecule has 3 aliphatic rings. The maximum atomic E-state index is 6.68. The summed E-state index contributed by atoms with van der Waals surface area (Å²) >= 11 is 11.8. The van der Waals surface area contributed by atoms with Crippen LogP contribution in [0.15, 0.2) is 21.8 Å². The number of benzene rings is 1. The van der Waals surface area contributed by atoms with E-state index in [1.807, 2.05) is 12.3 Å². The first-order chi connectivity index (χ1) is 14.6. The fourth-order valence-electron chi connectivity index (χ4n) is 4.91. The number of ether oxygens (including phenoxy) is 2. The van der Waals surface area contributed by atoms with Gasteiger partial charge in [0.1, 0.15) is 5.82 Å². The molecule has 0 N–H and O–H groups in total. The molecule has 0 bridgehead atoms. The maximum absolute atomic E-state index is 6.68. The molecule has 1 aromatic heterocycles. The van der Waals surface area contributed by atoms with E-state index in [0.717, 1.165) is 90.1 Å². The summed E-state index contributed by atoms with van der Waals surface area (Å²) < 4.78 is 13.3. The topological polar surface area (TPSA) is 47.5 Å². The van der Waals surface area contributed by atoms with Crippen LogP contribution in [0.4, 0.5) is 5.82 Å². The quantitative estimate of drug-likeness (QED) is 0.411. The van der Waals surface area contributed by atoms with Gasteiger partial charge in [0.15, 0.2) is 5.16 Å². The Bertz CT molecular complexity index is 968. The lowest BCUT2D eigenvalue weighted by molar-refractivity contribution is -0.0856. The van der Waals surface area contributed by atoms with Crippen molar-refractivity contribution in [3.63, 3.8) is 0 Å². The van der Waals surface area contributed by atoms with Gasteiger partial charge in [-0.3, -0.25) is 0 Å². The molecule has 1 spiro atoms. The Kier molecular flexibility index (Phi) is 6.01. The Morgan fingerprint density at radius 1 is 1.17 bits per heavy atom. The summed E-state index contributed by atoms with van der Waals surface area (Å²) in [7, 11) is 0. The van der Waals surface area contributed by atoms with Gasteiger partial charge in [-0.25, -0.2) is 9.97 Å². The standard InChI is InChI=1S/C22H25BrClN3O2S/c1-30-21-25-19-12-22(5-2-4-15-17(22)10-14(23)11-18(15)24)29-13-16(19)20(26-21)27-6-3-8-28-9-7-27/h10-11H,2-9,12-13H2,1H3.